The van der Waals surface area contributed by atoms with Gasteiger partial charge in [0.1, 0.15) is 4.21 Å². The highest BCUT2D eigenvalue weighted by Gasteiger charge is 2.26. The van der Waals surface area contributed by atoms with Gasteiger partial charge in [0.2, 0.25) is 0 Å². The lowest BCUT2D eigenvalue weighted by molar-refractivity contribution is 0.433. The average Bonchev–Trinajstić information content (AvgIpc) is 2.88. The molecule has 4 nitrogen and oxygen atoms in total. The number of hydrogen-bond donors (Lipinski definition) is 1. The van der Waals surface area contributed by atoms with Crippen molar-refractivity contribution in [2.75, 3.05) is 19.6 Å². The van der Waals surface area contributed by atoms with Gasteiger partial charge in [-0.15, -0.1) is 11.3 Å². The molecule has 0 amide bonds. The minimum atomic E-state index is -3.32. The lowest BCUT2D eigenvalue weighted by atomic mass is 10.1. The van der Waals surface area contributed by atoms with Gasteiger partial charge in [-0.1, -0.05) is 25.5 Å². The average molecular weight is 329 g/mol. The van der Waals surface area contributed by atoms with Crippen LogP contribution in [0.25, 0.3) is 0 Å². The van der Waals surface area contributed by atoms with Crippen LogP contribution in [0.5, 0.6) is 0 Å². The zero-order chi connectivity index (χ0) is 15.5. The molecule has 1 aliphatic heterocycles. The van der Waals surface area contributed by atoms with E-state index in [0.29, 0.717) is 23.3 Å². The van der Waals surface area contributed by atoms with Crippen molar-refractivity contribution in [3.05, 3.63) is 28.7 Å². The molecule has 0 saturated heterocycles. The van der Waals surface area contributed by atoms with E-state index in [1.165, 1.54) is 16.9 Å². The number of hydrogen-bond acceptors (Lipinski definition) is 4. The van der Waals surface area contributed by atoms with Crippen LogP contribution in [0.3, 0.4) is 0 Å². The second-order valence-electron chi connectivity index (χ2n) is 5.74. The Morgan fingerprint density at radius 3 is 2.76 bits per heavy atom. The van der Waals surface area contributed by atoms with Crippen LogP contribution in [0.15, 0.2) is 28.0 Å². The van der Waals surface area contributed by atoms with Gasteiger partial charge in [-0.05, 0) is 31.9 Å². The van der Waals surface area contributed by atoms with E-state index in [1.807, 2.05) is 12.1 Å². The summed E-state index contributed by atoms with van der Waals surface area (Å²) in [5.41, 5.74) is 1.27. The van der Waals surface area contributed by atoms with Crippen molar-refractivity contribution in [1.82, 2.24) is 9.62 Å². The van der Waals surface area contributed by atoms with Gasteiger partial charge in [0.25, 0.3) is 10.0 Å². The van der Waals surface area contributed by atoms with Crippen molar-refractivity contribution >= 4 is 21.4 Å². The van der Waals surface area contributed by atoms with Gasteiger partial charge in [0.05, 0.1) is 0 Å². The van der Waals surface area contributed by atoms with E-state index in [9.17, 15) is 8.42 Å². The topological polar surface area (TPSA) is 49.4 Å². The molecule has 0 unspecified atom stereocenters. The van der Waals surface area contributed by atoms with Crippen LogP contribution >= 0.6 is 11.3 Å². The SMILES string of the molecule is CC1=CCN(S(=O)(=O)c2ccc(CCNC(C)C)s2)CC1. The van der Waals surface area contributed by atoms with Crippen LogP contribution in [0.4, 0.5) is 0 Å². The zero-order valence-electron chi connectivity index (χ0n) is 12.9. The smallest absolute Gasteiger partial charge is 0.252 e. The van der Waals surface area contributed by atoms with Crippen LogP contribution in [-0.4, -0.2) is 38.4 Å². The van der Waals surface area contributed by atoms with Crippen molar-refractivity contribution in [1.29, 1.82) is 0 Å². The van der Waals surface area contributed by atoms with Gasteiger partial charge in [0, 0.05) is 30.6 Å². The van der Waals surface area contributed by atoms with Gasteiger partial charge in [-0.3, -0.25) is 0 Å². The molecule has 1 N–H and O–H groups in total. The highest BCUT2D eigenvalue weighted by atomic mass is 32.2. The summed E-state index contributed by atoms with van der Waals surface area (Å²) in [6.45, 7) is 8.23. The van der Waals surface area contributed by atoms with Gasteiger partial charge < -0.3 is 5.32 Å². The van der Waals surface area contributed by atoms with Crippen molar-refractivity contribution in [3.8, 4) is 0 Å². The van der Waals surface area contributed by atoms with Gasteiger partial charge in [-0.2, -0.15) is 4.31 Å². The first-order valence-electron chi connectivity index (χ1n) is 7.37. The fourth-order valence-electron chi connectivity index (χ4n) is 2.21. The fourth-order valence-corrected chi connectivity index (χ4v) is 5.10. The lowest BCUT2D eigenvalue weighted by Crippen LogP contribution is -2.34. The molecule has 0 radical (unpaired) electrons. The van der Waals surface area contributed by atoms with Crippen LogP contribution in [0, 0.1) is 0 Å². The Morgan fingerprint density at radius 2 is 2.14 bits per heavy atom. The molecular formula is C15H24N2O2S2. The van der Waals surface area contributed by atoms with Crippen molar-refractivity contribution in [3.63, 3.8) is 0 Å². The summed E-state index contributed by atoms with van der Waals surface area (Å²) in [6, 6.07) is 4.14. The third-order valence-electron chi connectivity index (χ3n) is 3.55. The molecular weight excluding hydrogens is 304 g/mol. The number of sulfonamides is 1. The highest BCUT2D eigenvalue weighted by molar-refractivity contribution is 7.91. The van der Waals surface area contributed by atoms with E-state index in [0.717, 1.165) is 24.3 Å². The van der Waals surface area contributed by atoms with Crippen LogP contribution in [-0.2, 0) is 16.4 Å². The Hall–Kier alpha value is -0.690. The summed E-state index contributed by atoms with van der Waals surface area (Å²) in [7, 11) is -3.32. The molecule has 2 rings (SSSR count). The van der Waals surface area contributed by atoms with Gasteiger partial charge in [0.15, 0.2) is 0 Å². The molecule has 0 saturated carbocycles. The first-order valence-corrected chi connectivity index (χ1v) is 9.63. The zero-order valence-corrected chi connectivity index (χ0v) is 14.6. The molecule has 0 spiro atoms. The third kappa shape index (κ3) is 4.39. The normalized spacial score (nSPS) is 17.2. The molecule has 0 aromatic carbocycles. The van der Waals surface area contributed by atoms with E-state index in [4.69, 9.17) is 0 Å². The molecule has 1 aromatic rings. The van der Waals surface area contributed by atoms with Crippen molar-refractivity contribution in [2.45, 2.75) is 43.9 Å². The third-order valence-corrected chi connectivity index (χ3v) is 7.03. The maximum Gasteiger partial charge on any atom is 0.252 e. The largest absolute Gasteiger partial charge is 0.314 e. The second kappa shape index (κ2) is 7.05. The maximum absolute atomic E-state index is 12.6. The van der Waals surface area contributed by atoms with Crippen molar-refractivity contribution < 1.29 is 8.42 Å². The summed E-state index contributed by atoms with van der Waals surface area (Å²) >= 11 is 1.40. The minimum absolute atomic E-state index is 0.455. The Kier molecular flexibility index (Phi) is 5.60. The van der Waals surface area contributed by atoms with Crippen molar-refractivity contribution in [2.24, 2.45) is 0 Å². The second-order valence-corrected chi connectivity index (χ2v) is 9.08. The molecule has 0 fully saturated rings. The number of nitrogens with one attached hydrogen (secondary N) is 1. The lowest BCUT2D eigenvalue weighted by Gasteiger charge is -2.23. The van der Waals surface area contributed by atoms with E-state index < -0.39 is 10.0 Å². The first-order chi connectivity index (χ1) is 9.89. The molecule has 1 aliphatic rings. The number of nitrogens with zero attached hydrogens (tertiary/aromatic N) is 1. The minimum Gasteiger partial charge on any atom is -0.314 e. The standard InChI is InChI=1S/C15H24N2O2S2/c1-12(2)16-9-6-14-4-5-15(20-14)21(18,19)17-10-7-13(3)8-11-17/h4-5,7,12,16H,6,8-11H2,1-3H3. The first kappa shape index (κ1) is 16.7. The Bertz CT molecular complexity index is 603. The quantitative estimate of drug-likeness (QED) is 0.817. The Labute approximate surface area is 131 Å². The number of rotatable bonds is 6. The fraction of sp³-hybridized carbons (Fsp3) is 0.600. The molecule has 0 bridgehead atoms. The molecule has 118 valence electrons. The predicted molar refractivity (Wildman–Crippen MR) is 88.3 cm³/mol. The summed E-state index contributed by atoms with van der Waals surface area (Å²) in [5, 5.41) is 3.35. The van der Waals surface area contributed by atoms with E-state index in [1.54, 1.807) is 10.4 Å². The van der Waals surface area contributed by atoms with Gasteiger partial charge in [-0.25, -0.2) is 8.42 Å². The van der Waals surface area contributed by atoms with Crippen LogP contribution in [0.1, 0.15) is 32.1 Å². The summed E-state index contributed by atoms with van der Waals surface area (Å²) in [5.74, 6) is 0. The van der Waals surface area contributed by atoms with Gasteiger partial charge >= 0.3 is 0 Å². The van der Waals surface area contributed by atoms with E-state index in [2.05, 4.69) is 26.1 Å². The monoisotopic (exact) mass is 328 g/mol. The molecule has 0 atom stereocenters. The summed E-state index contributed by atoms with van der Waals surface area (Å²) < 4.78 is 27.2. The van der Waals surface area contributed by atoms with E-state index in [-0.39, 0.29) is 0 Å². The number of thiophene rings is 1. The predicted octanol–water partition coefficient (Wildman–Crippen LogP) is 2.63. The van der Waals surface area contributed by atoms with E-state index >= 15 is 0 Å². The molecule has 6 heteroatoms. The molecule has 0 aliphatic carbocycles. The van der Waals surface area contributed by atoms with Crippen LogP contribution in [0.2, 0.25) is 0 Å². The van der Waals surface area contributed by atoms with Crippen LogP contribution < -0.4 is 5.32 Å². The Balaban J connectivity index is 2.02. The summed E-state index contributed by atoms with van der Waals surface area (Å²) in [4.78, 5) is 1.12. The maximum atomic E-state index is 12.6. The molecule has 21 heavy (non-hydrogen) atoms. The Morgan fingerprint density at radius 1 is 1.38 bits per heavy atom. The summed E-state index contributed by atoms with van der Waals surface area (Å²) in [6.07, 6.45) is 3.70. The highest BCUT2D eigenvalue weighted by Crippen LogP contribution is 2.27. The molecule has 1 aromatic heterocycles. The molecule has 2 heterocycles.